The molecule has 9 nitrogen and oxygen atoms in total. The molecule has 0 unspecified atom stereocenters. The van der Waals surface area contributed by atoms with Crippen LogP contribution in [0.15, 0.2) is 53.6 Å². The summed E-state index contributed by atoms with van der Waals surface area (Å²) >= 11 is 0. The van der Waals surface area contributed by atoms with E-state index in [1.807, 2.05) is 37.3 Å². The molecule has 0 aromatic heterocycles. The zero-order chi connectivity index (χ0) is 25.0. The van der Waals surface area contributed by atoms with Gasteiger partial charge in [0.2, 0.25) is 0 Å². The first kappa shape index (κ1) is 26.7. The van der Waals surface area contributed by atoms with Crippen LogP contribution in [0.5, 0.6) is 11.5 Å². The minimum atomic E-state index is -1.01. The van der Waals surface area contributed by atoms with Gasteiger partial charge in [0, 0.05) is 0 Å². The van der Waals surface area contributed by atoms with E-state index in [0.29, 0.717) is 23.7 Å². The van der Waals surface area contributed by atoms with Gasteiger partial charge in [0.25, 0.3) is 5.91 Å². The number of rotatable bonds is 11. The highest BCUT2D eigenvalue weighted by molar-refractivity contribution is 5.87. The summed E-state index contributed by atoms with van der Waals surface area (Å²) in [5.74, 6) is 0.618. The standard InChI is InChI=1S/C25H33N3O6/c1-6-33-21-13-12-19(14-22(21)31-5)15-26-28-23(29)20(27-24(30)34-25(2,3)4)17-32-16-18-10-8-7-9-11-18/h7-15,20H,6,16-17H2,1-5H3,(H,27,30)(H,28,29)/b26-15-/t20-/m0/s1. The van der Waals surface area contributed by atoms with Crippen LogP contribution in [0.25, 0.3) is 0 Å². The first-order valence-corrected chi connectivity index (χ1v) is 11.0. The molecule has 0 fully saturated rings. The van der Waals surface area contributed by atoms with Crippen LogP contribution < -0.4 is 20.2 Å². The molecule has 0 aliphatic carbocycles. The number of ether oxygens (including phenoxy) is 4. The molecule has 0 saturated heterocycles. The van der Waals surface area contributed by atoms with Crippen LogP contribution in [0.4, 0.5) is 4.79 Å². The van der Waals surface area contributed by atoms with E-state index in [4.69, 9.17) is 18.9 Å². The van der Waals surface area contributed by atoms with Crippen LogP contribution in [0.2, 0.25) is 0 Å². The van der Waals surface area contributed by atoms with Gasteiger partial charge in [-0.1, -0.05) is 30.3 Å². The van der Waals surface area contributed by atoms with Crippen LogP contribution in [-0.2, 0) is 20.9 Å². The monoisotopic (exact) mass is 471 g/mol. The number of hydrazone groups is 1. The predicted octanol–water partition coefficient (Wildman–Crippen LogP) is 3.65. The number of carbonyl (C=O) groups excluding carboxylic acids is 2. The van der Waals surface area contributed by atoms with E-state index >= 15 is 0 Å². The third-order valence-corrected chi connectivity index (χ3v) is 4.28. The number of carbonyl (C=O) groups is 2. The number of amides is 2. The van der Waals surface area contributed by atoms with Gasteiger partial charge in [-0.15, -0.1) is 0 Å². The minimum absolute atomic E-state index is 0.0631. The third-order valence-electron chi connectivity index (χ3n) is 4.28. The fourth-order valence-electron chi connectivity index (χ4n) is 2.79. The van der Waals surface area contributed by atoms with E-state index in [0.717, 1.165) is 5.56 Å². The van der Waals surface area contributed by atoms with E-state index in [-0.39, 0.29) is 13.2 Å². The molecular weight excluding hydrogens is 438 g/mol. The number of hydrogen-bond donors (Lipinski definition) is 2. The molecular formula is C25H33N3O6. The Hall–Kier alpha value is -3.59. The van der Waals surface area contributed by atoms with Crippen molar-refractivity contribution in [2.75, 3.05) is 20.3 Å². The second-order valence-corrected chi connectivity index (χ2v) is 8.28. The summed E-state index contributed by atoms with van der Waals surface area (Å²) in [7, 11) is 1.54. The quantitative estimate of drug-likeness (QED) is 0.383. The maximum Gasteiger partial charge on any atom is 0.408 e. The summed E-state index contributed by atoms with van der Waals surface area (Å²) in [6.07, 6.45) is 0.738. The Kier molecular flexibility index (Phi) is 10.3. The lowest BCUT2D eigenvalue weighted by molar-refractivity contribution is -0.124. The van der Waals surface area contributed by atoms with Gasteiger partial charge in [0.05, 0.1) is 33.1 Å². The molecule has 0 spiro atoms. The highest BCUT2D eigenvalue weighted by Crippen LogP contribution is 2.27. The Balaban J connectivity index is 2.01. The molecule has 2 N–H and O–H groups in total. The molecule has 0 aliphatic rings. The number of alkyl carbamates (subject to hydrolysis) is 1. The van der Waals surface area contributed by atoms with Gasteiger partial charge in [-0.25, -0.2) is 10.2 Å². The van der Waals surface area contributed by atoms with Crippen molar-refractivity contribution >= 4 is 18.2 Å². The summed E-state index contributed by atoms with van der Waals surface area (Å²) in [6, 6.07) is 13.8. The van der Waals surface area contributed by atoms with Crippen LogP contribution in [0, 0.1) is 0 Å². The summed E-state index contributed by atoms with van der Waals surface area (Å²) in [5, 5.41) is 6.53. The molecule has 2 aromatic carbocycles. The molecule has 0 aliphatic heterocycles. The topological polar surface area (TPSA) is 107 Å². The van der Waals surface area contributed by atoms with Crippen molar-refractivity contribution in [3.63, 3.8) is 0 Å². The molecule has 2 rings (SSSR count). The fourth-order valence-corrected chi connectivity index (χ4v) is 2.79. The number of methoxy groups -OCH3 is 1. The second kappa shape index (κ2) is 13.2. The normalized spacial score (nSPS) is 12.1. The van der Waals surface area contributed by atoms with Gasteiger partial charge in [-0.05, 0) is 57.0 Å². The van der Waals surface area contributed by atoms with Gasteiger partial charge in [0.15, 0.2) is 11.5 Å². The SMILES string of the molecule is CCOc1ccc(/C=N\NC(=O)[C@H](COCc2ccccc2)NC(=O)OC(C)(C)C)cc1OC. The lowest BCUT2D eigenvalue weighted by Gasteiger charge is -2.22. The molecule has 9 heteroatoms. The molecule has 34 heavy (non-hydrogen) atoms. The second-order valence-electron chi connectivity index (χ2n) is 8.28. The van der Waals surface area contributed by atoms with Crippen LogP contribution >= 0.6 is 0 Å². The van der Waals surface area contributed by atoms with Gasteiger partial charge in [-0.2, -0.15) is 5.10 Å². The van der Waals surface area contributed by atoms with Gasteiger partial charge >= 0.3 is 6.09 Å². The number of benzene rings is 2. The summed E-state index contributed by atoms with van der Waals surface area (Å²) < 4.78 is 21.7. The van der Waals surface area contributed by atoms with Crippen LogP contribution in [-0.4, -0.2) is 50.2 Å². The van der Waals surface area contributed by atoms with Crippen LogP contribution in [0.1, 0.15) is 38.8 Å². The average Bonchev–Trinajstić information content (AvgIpc) is 2.79. The number of nitrogens with zero attached hydrogens (tertiary/aromatic N) is 1. The smallest absolute Gasteiger partial charge is 0.408 e. The number of nitrogens with one attached hydrogen (secondary N) is 2. The van der Waals surface area contributed by atoms with Crippen molar-refractivity contribution in [2.24, 2.45) is 5.10 Å². The largest absolute Gasteiger partial charge is 0.493 e. The third kappa shape index (κ3) is 9.50. The van der Waals surface area contributed by atoms with E-state index in [2.05, 4.69) is 15.8 Å². The maximum atomic E-state index is 12.7. The number of hydrogen-bond acceptors (Lipinski definition) is 7. The molecule has 0 heterocycles. The summed E-state index contributed by atoms with van der Waals surface area (Å²) in [4.78, 5) is 24.9. The van der Waals surface area contributed by atoms with Crippen molar-refractivity contribution in [1.29, 1.82) is 0 Å². The van der Waals surface area contributed by atoms with E-state index in [1.54, 1.807) is 46.1 Å². The first-order chi connectivity index (χ1) is 16.2. The Morgan fingerprint density at radius 3 is 2.47 bits per heavy atom. The van der Waals surface area contributed by atoms with Gasteiger partial charge < -0.3 is 24.3 Å². The van der Waals surface area contributed by atoms with E-state index < -0.39 is 23.6 Å². The Morgan fingerprint density at radius 2 is 1.82 bits per heavy atom. The van der Waals surface area contributed by atoms with Crippen molar-refractivity contribution in [3.05, 3.63) is 59.7 Å². The average molecular weight is 472 g/mol. The van der Waals surface area contributed by atoms with E-state index in [9.17, 15) is 9.59 Å². The highest BCUT2D eigenvalue weighted by atomic mass is 16.6. The molecule has 0 bridgehead atoms. The Bertz CT molecular complexity index is 957. The molecule has 0 saturated carbocycles. The Morgan fingerprint density at radius 1 is 1.09 bits per heavy atom. The van der Waals surface area contributed by atoms with Crippen molar-refractivity contribution < 1.29 is 28.5 Å². The van der Waals surface area contributed by atoms with Gasteiger partial charge in [0.1, 0.15) is 11.6 Å². The first-order valence-electron chi connectivity index (χ1n) is 11.0. The molecule has 184 valence electrons. The Labute approximate surface area is 200 Å². The van der Waals surface area contributed by atoms with Crippen molar-refractivity contribution in [1.82, 2.24) is 10.7 Å². The zero-order valence-electron chi connectivity index (χ0n) is 20.3. The predicted molar refractivity (Wildman–Crippen MR) is 129 cm³/mol. The van der Waals surface area contributed by atoms with Gasteiger partial charge in [-0.3, -0.25) is 4.79 Å². The van der Waals surface area contributed by atoms with Crippen molar-refractivity contribution in [2.45, 2.75) is 45.9 Å². The summed E-state index contributed by atoms with van der Waals surface area (Å²) in [6.45, 7) is 7.84. The summed E-state index contributed by atoms with van der Waals surface area (Å²) in [5.41, 5.74) is 3.36. The molecule has 2 amide bonds. The molecule has 0 radical (unpaired) electrons. The van der Waals surface area contributed by atoms with E-state index in [1.165, 1.54) is 6.21 Å². The zero-order valence-corrected chi connectivity index (χ0v) is 20.3. The van der Waals surface area contributed by atoms with Crippen molar-refractivity contribution in [3.8, 4) is 11.5 Å². The lowest BCUT2D eigenvalue weighted by Crippen LogP contribution is -2.49. The van der Waals surface area contributed by atoms with Crippen LogP contribution in [0.3, 0.4) is 0 Å². The molecule has 1 atom stereocenters. The minimum Gasteiger partial charge on any atom is -0.493 e. The highest BCUT2D eigenvalue weighted by Gasteiger charge is 2.24. The molecule has 2 aromatic rings. The maximum absolute atomic E-state index is 12.7. The lowest BCUT2D eigenvalue weighted by atomic mass is 10.2. The fraction of sp³-hybridized carbons (Fsp3) is 0.400.